The SMILES string of the molecule is C=CCCC/C(C)=C(\C)CC. The highest BCUT2D eigenvalue weighted by molar-refractivity contribution is 5.08. The molecule has 0 amide bonds. The van der Waals surface area contributed by atoms with Gasteiger partial charge in [0, 0.05) is 0 Å². The van der Waals surface area contributed by atoms with Crippen LogP contribution in [0.3, 0.4) is 0 Å². The van der Waals surface area contributed by atoms with Crippen LogP contribution in [0.25, 0.3) is 0 Å². The predicted molar refractivity (Wildman–Crippen MR) is 52.7 cm³/mol. The van der Waals surface area contributed by atoms with E-state index in [1.165, 1.54) is 19.3 Å². The lowest BCUT2D eigenvalue weighted by Crippen LogP contribution is -1.83. The average Bonchev–Trinajstić information content (AvgIpc) is 2.03. The fourth-order valence-electron chi connectivity index (χ4n) is 1.03. The number of unbranched alkanes of at least 4 members (excludes halogenated alkanes) is 1. The van der Waals surface area contributed by atoms with Crippen molar-refractivity contribution in [3.8, 4) is 0 Å². The van der Waals surface area contributed by atoms with E-state index in [4.69, 9.17) is 0 Å². The molecule has 0 saturated heterocycles. The minimum absolute atomic E-state index is 1.15. The monoisotopic (exact) mass is 152 g/mol. The van der Waals surface area contributed by atoms with Gasteiger partial charge < -0.3 is 0 Å². The van der Waals surface area contributed by atoms with Gasteiger partial charge in [0.25, 0.3) is 0 Å². The van der Waals surface area contributed by atoms with Crippen LogP contribution in [0.1, 0.15) is 46.5 Å². The highest BCUT2D eigenvalue weighted by Gasteiger charge is 1.93. The molecule has 0 aromatic carbocycles. The second-order valence-corrected chi connectivity index (χ2v) is 3.10. The Hall–Kier alpha value is -0.520. The Morgan fingerprint density at radius 2 is 1.91 bits per heavy atom. The maximum Gasteiger partial charge on any atom is -0.0318 e. The Bertz CT molecular complexity index is 140. The maximum atomic E-state index is 3.71. The summed E-state index contributed by atoms with van der Waals surface area (Å²) in [6.45, 7) is 10.4. The van der Waals surface area contributed by atoms with Gasteiger partial charge >= 0.3 is 0 Å². The Labute approximate surface area is 71.0 Å². The lowest BCUT2D eigenvalue weighted by molar-refractivity contribution is 0.816. The Morgan fingerprint density at radius 3 is 2.36 bits per heavy atom. The Morgan fingerprint density at radius 1 is 1.27 bits per heavy atom. The fraction of sp³-hybridized carbons (Fsp3) is 0.636. The number of hydrogen-bond donors (Lipinski definition) is 0. The molecule has 0 spiro atoms. The molecule has 0 rings (SSSR count). The van der Waals surface area contributed by atoms with E-state index in [1.807, 2.05) is 6.08 Å². The van der Waals surface area contributed by atoms with Crippen LogP contribution in [0.2, 0.25) is 0 Å². The minimum atomic E-state index is 1.15. The zero-order valence-electron chi connectivity index (χ0n) is 8.11. The van der Waals surface area contributed by atoms with Crippen molar-refractivity contribution in [2.24, 2.45) is 0 Å². The molecule has 0 heteroatoms. The van der Waals surface area contributed by atoms with Crippen LogP contribution < -0.4 is 0 Å². The summed E-state index contributed by atoms with van der Waals surface area (Å²) in [6, 6.07) is 0. The molecule has 0 unspecified atom stereocenters. The molecule has 0 aliphatic heterocycles. The van der Waals surface area contributed by atoms with E-state index in [-0.39, 0.29) is 0 Å². The largest absolute Gasteiger partial charge is 0.103 e. The van der Waals surface area contributed by atoms with Crippen molar-refractivity contribution in [3.63, 3.8) is 0 Å². The normalized spacial score (nSPS) is 12.6. The molecule has 11 heavy (non-hydrogen) atoms. The van der Waals surface area contributed by atoms with E-state index >= 15 is 0 Å². The first-order valence-electron chi connectivity index (χ1n) is 4.48. The summed E-state index contributed by atoms with van der Waals surface area (Å²) in [5.74, 6) is 0. The van der Waals surface area contributed by atoms with E-state index in [1.54, 1.807) is 11.1 Å². The van der Waals surface area contributed by atoms with Gasteiger partial charge in [0.15, 0.2) is 0 Å². The maximum absolute atomic E-state index is 3.71. The van der Waals surface area contributed by atoms with Crippen molar-refractivity contribution in [3.05, 3.63) is 23.8 Å². The van der Waals surface area contributed by atoms with Gasteiger partial charge in [-0.1, -0.05) is 24.1 Å². The number of hydrogen-bond acceptors (Lipinski definition) is 0. The van der Waals surface area contributed by atoms with Crippen molar-refractivity contribution in [1.29, 1.82) is 0 Å². The summed E-state index contributed by atoms with van der Waals surface area (Å²) in [5.41, 5.74) is 3.11. The lowest BCUT2D eigenvalue weighted by Gasteiger charge is -2.03. The van der Waals surface area contributed by atoms with Crippen LogP contribution in [-0.2, 0) is 0 Å². The van der Waals surface area contributed by atoms with Gasteiger partial charge in [0.05, 0.1) is 0 Å². The van der Waals surface area contributed by atoms with E-state index in [9.17, 15) is 0 Å². The third-order valence-corrected chi connectivity index (χ3v) is 2.22. The van der Waals surface area contributed by atoms with Crippen molar-refractivity contribution in [1.82, 2.24) is 0 Å². The second-order valence-electron chi connectivity index (χ2n) is 3.10. The lowest BCUT2D eigenvalue weighted by atomic mass is 10.0. The summed E-state index contributed by atoms with van der Waals surface area (Å²) >= 11 is 0. The molecule has 0 heterocycles. The van der Waals surface area contributed by atoms with Crippen molar-refractivity contribution >= 4 is 0 Å². The van der Waals surface area contributed by atoms with E-state index < -0.39 is 0 Å². The Balaban J connectivity index is 3.66. The minimum Gasteiger partial charge on any atom is -0.103 e. The third kappa shape index (κ3) is 4.83. The average molecular weight is 152 g/mol. The molecule has 64 valence electrons. The van der Waals surface area contributed by atoms with Gasteiger partial charge in [-0.25, -0.2) is 0 Å². The molecule has 0 bridgehead atoms. The molecule has 0 nitrogen and oxygen atoms in total. The van der Waals surface area contributed by atoms with E-state index in [0.29, 0.717) is 0 Å². The summed E-state index contributed by atoms with van der Waals surface area (Å²) in [6.07, 6.45) is 6.83. The number of allylic oxidation sites excluding steroid dienone is 3. The molecule has 0 aromatic heterocycles. The van der Waals surface area contributed by atoms with Gasteiger partial charge in [0.1, 0.15) is 0 Å². The molecule has 0 radical (unpaired) electrons. The van der Waals surface area contributed by atoms with Crippen LogP contribution in [0.4, 0.5) is 0 Å². The quantitative estimate of drug-likeness (QED) is 0.411. The highest BCUT2D eigenvalue weighted by Crippen LogP contribution is 2.13. The fourth-order valence-corrected chi connectivity index (χ4v) is 1.03. The first-order valence-corrected chi connectivity index (χ1v) is 4.48. The zero-order chi connectivity index (χ0) is 8.69. The van der Waals surface area contributed by atoms with Crippen LogP contribution >= 0.6 is 0 Å². The van der Waals surface area contributed by atoms with Crippen LogP contribution in [0.15, 0.2) is 23.8 Å². The van der Waals surface area contributed by atoms with Crippen LogP contribution in [0, 0.1) is 0 Å². The van der Waals surface area contributed by atoms with Crippen LogP contribution in [-0.4, -0.2) is 0 Å². The summed E-state index contributed by atoms with van der Waals surface area (Å²) in [7, 11) is 0. The summed E-state index contributed by atoms with van der Waals surface area (Å²) < 4.78 is 0. The van der Waals surface area contributed by atoms with Gasteiger partial charge in [0.2, 0.25) is 0 Å². The molecular formula is C11H20. The summed E-state index contributed by atoms with van der Waals surface area (Å²) in [4.78, 5) is 0. The first-order chi connectivity index (χ1) is 5.22. The van der Waals surface area contributed by atoms with E-state index in [2.05, 4.69) is 27.4 Å². The molecule has 0 N–H and O–H groups in total. The Kier molecular flexibility index (Phi) is 5.91. The van der Waals surface area contributed by atoms with Crippen molar-refractivity contribution in [2.45, 2.75) is 46.5 Å². The molecule has 0 saturated carbocycles. The van der Waals surface area contributed by atoms with E-state index in [0.717, 1.165) is 6.42 Å². The smallest absolute Gasteiger partial charge is 0.0318 e. The van der Waals surface area contributed by atoms with Gasteiger partial charge in [-0.05, 0) is 39.5 Å². The number of rotatable bonds is 5. The molecule has 0 atom stereocenters. The van der Waals surface area contributed by atoms with Gasteiger partial charge in [-0.15, -0.1) is 6.58 Å². The predicted octanol–water partition coefficient (Wildman–Crippen LogP) is 4.09. The molecule has 0 aromatic rings. The molecule has 0 aliphatic rings. The van der Waals surface area contributed by atoms with Gasteiger partial charge in [-0.3, -0.25) is 0 Å². The van der Waals surface area contributed by atoms with Crippen molar-refractivity contribution < 1.29 is 0 Å². The topological polar surface area (TPSA) is 0 Å². The molecular weight excluding hydrogens is 132 g/mol. The van der Waals surface area contributed by atoms with Crippen molar-refractivity contribution in [2.75, 3.05) is 0 Å². The highest BCUT2D eigenvalue weighted by atomic mass is 14.0. The first kappa shape index (κ1) is 10.5. The standard InChI is InChI=1S/C11H20/c1-5-7-8-9-11(4)10(3)6-2/h5H,1,6-9H2,2-4H3/b11-10+. The molecule has 0 aliphatic carbocycles. The molecule has 0 fully saturated rings. The third-order valence-electron chi connectivity index (χ3n) is 2.22. The second kappa shape index (κ2) is 6.21. The zero-order valence-corrected chi connectivity index (χ0v) is 8.11. The summed E-state index contributed by atoms with van der Waals surface area (Å²) in [5, 5.41) is 0. The van der Waals surface area contributed by atoms with Crippen LogP contribution in [0.5, 0.6) is 0 Å². The van der Waals surface area contributed by atoms with Gasteiger partial charge in [-0.2, -0.15) is 0 Å².